The van der Waals surface area contributed by atoms with Crippen LogP contribution in [0.5, 0.6) is 0 Å². The molecule has 16 heavy (non-hydrogen) atoms. The van der Waals surface area contributed by atoms with Crippen LogP contribution in [0, 0.1) is 16.7 Å². The van der Waals surface area contributed by atoms with Crippen LogP contribution >= 0.6 is 0 Å². The number of hydrogen-bond acceptors (Lipinski definition) is 2. The Morgan fingerprint density at radius 3 is 2.12 bits per heavy atom. The van der Waals surface area contributed by atoms with E-state index in [0.29, 0.717) is 0 Å². The summed E-state index contributed by atoms with van der Waals surface area (Å²) < 4.78 is 0. The molecule has 1 saturated heterocycles. The minimum Gasteiger partial charge on any atom is -0.285 e. The van der Waals surface area contributed by atoms with E-state index in [9.17, 15) is 5.26 Å². The van der Waals surface area contributed by atoms with Crippen LogP contribution in [0.25, 0.3) is 0 Å². The molecule has 0 radical (unpaired) electrons. The van der Waals surface area contributed by atoms with Crippen LogP contribution in [0.3, 0.4) is 0 Å². The lowest BCUT2D eigenvalue weighted by Crippen LogP contribution is -2.60. The molecule has 2 heteroatoms. The lowest BCUT2D eigenvalue weighted by Gasteiger charge is -2.53. The third-order valence-corrected chi connectivity index (χ3v) is 4.79. The minimum atomic E-state index is -0.175. The molecule has 0 spiro atoms. The summed E-state index contributed by atoms with van der Waals surface area (Å²) in [6.45, 7) is 6.86. The molecule has 1 unspecified atom stereocenters. The average Bonchev–Trinajstić information content (AvgIpc) is 2.30. The van der Waals surface area contributed by atoms with Gasteiger partial charge in [-0.2, -0.15) is 5.26 Å². The van der Waals surface area contributed by atoms with Gasteiger partial charge >= 0.3 is 0 Å². The van der Waals surface area contributed by atoms with Crippen molar-refractivity contribution in [1.82, 2.24) is 4.90 Å². The number of nitrogens with zero attached hydrogens (tertiary/aromatic N) is 2. The van der Waals surface area contributed by atoms with E-state index < -0.39 is 0 Å². The summed E-state index contributed by atoms with van der Waals surface area (Å²) in [6.07, 6.45) is 8.71. The second-order valence-electron chi connectivity index (χ2n) is 6.11. The van der Waals surface area contributed by atoms with Gasteiger partial charge in [0, 0.05) is 0 Å². The van der Waals surface area contributed by atoms with Crippen LogP contribution in [-0.4, -0.2) is 23.5 Å². The average molecular weight is 220 g/mol. The van der Waals surface area contributed by atoms with Crippen molar-refractivity contribution in [3.63, 3.8) is 0 Å². The van der Waals surface area contributed by atoms with Gasteiger partial charge in [0.2, 0.25) is 0 Å². The first-order chi connectivity index (χ1) is 7.62. The summed E-state index contributed by atoms with van der Waals surface area (Å²) in [7, 11) is 0. The van der Waals surface area contributed by atoms with E-state index in [0.717, 1.165) is 19.5 Å². The van der Waals surface area contributed by atoms with Gasteiger partial charge in [0.05, 0.1) is 6.07 Å². The van der Waals surface area contributed by atoms with E-state index in [1.54, 1.807) is 0 Å². The number of rotatable bonds is 1. The highest BCUT2D eigenvalue weighted by atomic mass is 15.2. The van der Waals surface area contributed by atoms with Gasteiger partial charge < -0.3 is 0 Å². The van der Waals surface area contributed by atoms with Crippen LogP contribution < -0.4 is 0 Å². The first-order valence-corrected chi connectivity index (χ1v) is 6.79. The van der Waals surface area contributed by atoms with Crippen LogP contribution in [0.1, 0.15) is 58.8 Å². The van der Waals surface area contributed by atoms with Gasteiger partial charge in [-0.3, -0.25) is 4.90 Å². The minimum absolute atomic E-state index is 0.164. The molecule has 0 aromatic rings. The monoisotopic (exact) mass is 220 g/mol. The van der Waals surface area contributed by atoms with Crippen LogP contribution in [0.4, 0.5) is 0 Å². The Bertz CT molecular complexity index is 284. The van der Waals surface area contributed by atoms with Gasteiger partial charge in [-0.25, -0.2) is 0 Å². The predicted molar refractivity (Wildman–Crippen MR) is 66.0 cm³/mol. The Labute approximate surface area is 99.6 Å². The summed E-state index contributed by atoms with van der Waals surface area (Å²) in [5, 5.41) is 9.74. The number of hydrogen-bond donors (Lipinski definition) is 0. The maximum Gasteiger partial charge on any atom is 0.114 e. The van der Waals surface area contributed by atoms with Gasteiger partial charge in [0.15, 0.2) is 0 Å². The molecule has 1 aliphatic carbocycles. The standard InChI is InChI=1S/C14H24N2/c1-13(2)8-4-5-9-14(13,12-15)16-10-6-3-7-11-16/h3-11H2,1-2H3. The smallest absolute Gasteiger partial charge is 0.114 e. The first kappa shape index (κ1) is 11.9. The van der Waals surface area contributed by atoms with E-state index >= 15 is 0 Å². The lowest BCUT2D eigenvalue weighted by molar-refractivity contribution is -0.0180. The van der Waals surface area contributed by atoms with Crippen molar-refractivity contribution >= 4 is 0 Å². The summed E-state index contributed by atoms with van der Waals surface area (Å²) in [4.78, 5) is 2.50. The van der Waals surface area contributed by atoms with Crippen molar-refractivity contribution in [3.05, 3.63) is 0 Å². The van der Waals surface area contributed by atoms with E-state index in [-0.39, 0.29) is 11.0 Å². The maximum atomic E-state index is 9.74. The van der Waals surface area contributed by atoms with Crippen molar-refractivity contribution in [2.24, 2.45) is 5.41 Å². The fourth-order valence-corrected chi connectivity index (χ4v) is 3.63. The molecular formula is C14H24N2. The zero-order valence-electron chi connectivity index (χ0n) is 10.8. The molecule has 2 fully saturated rings. The highest BCUT2D eigenvalue weighted by Crippen LogP contribution is 2.47. The summed E-state index contributed by atoms with van der Waals surface area (Å²) in [5.74, 6) is 0. The number of likely N-dealkylation sites (tertiary alicyclic amines) is 1. The molecule has 0 aromatic heterocycles. The highest BCUT2D eigenvalue weighted by Gasteiger charge is 2.51. The van der Waals surface area contributed by atoms with E-state index in [1.807, 2.05) is 0 Å². The SMILES string of the molecule is CC1(C)CCCCC1(C#N)N1CCCCC1. The largest absolute Gasteiger partial charge is 0.285 e. The van der Waals surface area contributed by atoms with Crippen molar-refractivity contribution in [2.45, 2.75) is 64.3 Å². The zero-order valence-corrected chi connectivity index (χ0v) is 10.8. The van der Waals surface area contributed by atoms with Crippen LogP contribution in [-0.2, 0) is 0 Å². The quantitative estimate of drug-likeness (QED) is 0.677. The Hall–Kier alpha value is -0.550. The third-order valence-electron chi connectivity index (χ3n) is 4.79. The van der Waals surface area contributed by atoms with Crippen molar-refractivity contribution < 1.29 is 0 Å². The van der Waals surface area contributed by atoms with Gasteiger partial charge in [0.25, 0.3) is 0 Å². The molecule has 0 bridgehead atoms. The fraction of sp³-hybridized carbons (Fsp3) is 0.929. The Kier molecular flexibility index (Phi) is 3.26. The second-order valence-corrected chi connectivity index (χ2v) is 6.11. The molecule has 1 aliphatic heterocycles. The number of nitriles is 1. The maximum absolute atomic E-state index is 9.74. The Morgan fingerprint density at radius 2 is 1.56 bits per heavy atom. The van der Waals surface area contributed by atoms with E-state index in [1.165, 1.54) is 38.5 Å². The first-order valence-electron chi connectivity index (χ1n) is 6.79. The second kappa shape index (κ2) is 4.37. The molecule has 90 valence electrons. The van der Waals surface area contributed by atoms with Gasteiger partial charge in [0.1, 0.15) is 5.54 Å². The molecule has 0 amide bonds. The normalized spacial score (nSPS) is 35.6. The van der Waals surface area contributed by atoms with Gasteiger partial charge in [-0.05, 0) is 44.2 Å². The zero-order chi connectivity index (χ0) is 11.6. The predicted octanol–water partition coefficient (Wildman–Crippen LogP) is 3.33. The lowest BCUT2D eigenvalue weighted by atomic mass is 9.62. The van der Waals surface area contributed by atoms with Crippen molar-refractivity contribution in [1.29, 1.82) is 5.26 Å². The highest BCUT2D eigenvalue weighted by molar-refractivity contribution is 5.17. The number of piperidine rings is 1. The van der Waals surface area contributed by atoms with Crippen molar-refractivity contribution in [2.75, 3.05) is 13.1 Å². The molecule has 1 heterocycles. The summed E-state index contributed by atoms with van der Waals surface area (Å²) in [5.41, 5.74) is -0.0109. The molecule has 0 aromatic carbocycles. The van der Waals surface area contributed by atoms with E-state index in [2.05, 4.69) is 24.8 Å². The molecular weight excluding hydrogens is 196 g/mol. The van der Waals surface area contributed by atoms with Crippen LogP contribution in [0.15, 0.2) is 0 Å². The van der Waals surface area contributed by atoms with Gasteiger partial charge in [-0.1, -0.05) is 33.1 Å². The third kappa shape index (κ3) is 1.76. The van der Waals surface area contributed by atoms with Gasteiger partial charge in [-0.15, -0.1) is 0 Å². The van der Waals surface area contributed by atoms with Crippen LogP contribution in [0.2, 0.25) is 0 Å². The molecule has 1 saturated carbocycles. The molecule has 1 atom stereocenters. The molecule has 2 aliphatic rings. The molecule has 0 N–H and O–H groups in total. The summed E-state index contributed by atoms with van der Waals surface area (Å²) in [6, 6.07) is 2.70. The Balaban J connectivity index is 2.25. The van der Waals surface area contributed by atoms with Crippen molar-refractivity contribution in [3.8, 4) is 6.07 Å². The summed E-state index contributed by atoms with van der Waals surface area (Å²) >= 11 is 0. The fourth-order valence-electron chi connectivity index (χ4n) is 3.63. The van der Waals surface area contributed by atoms with E-state index in [4.69, 9.17) is 0 Å². The topological polar surface area (TPSA) is 27.0 Å². The molecule has 2 nitrogen and oxygen atoms in total. The molecule has 2 rings (SSSR count). The Morgan fingerprint density at radius 1 is 0.938 bits per heavy atom.